The van der Waals surface area contributed by atoms with Gasteiger partial charge in [0, 0.05) is 11.1 Å². The highest BCUT2D eigenvalue weighted by Gasteiger charge is 2.28. The smallest absolute Gasteiger partial charge is 0.127 e. The van der Waals surface area contributed by atoms with Crippen LogP contribution in [-0.4, -0.2) is 7.05 Å². The minimum atomic E-state index is -0.198. The highest BCUT2D eigenvalue weighted by Crippen LogP contribution is 2.36. The number of rotatable bonds is 3. The molecule has 0 aromatic heterocycles. The van der Waals surface area contributed by atoms with Gasteiger partial charge in [0.2, 0.25) is 0 Å². The summed E-state index contributed by atoms with van der Waals surface area (Å²) in [5, 5.41) is 3.87. The van der Waals surface area contributed by atoms with Gasteiger partial charge in [-0.05, 0) is 61.1 Å². The number of aryl methyl sites for hydroxylation is 1. The second-order valence-corrected chi connectivity index (χ2v) is 6.14. The van der Waals surface area contributed by atoms with Gasteiger partial charge in [-0.25, -0.2) is 4.39 Å². The van der Waals surface area contributed by atoms with E-state index in [4.69, 9.17) is 11.6 Å². The van der Waals surface area contributed by atoms with Crippen molar-refractivity contribution in [2.45, 2.75) is 25.3 Å². The molecule has 0 aliphatic heterocycles. The van der Waals surface area contributed by atoms with Crippen LogP contribution in [0.3, 0.4) is 0 Å². The van der Waals surface area contributed by atoms with Gasteiger partial charge in [0.25, 0.3) is 0 Å². The standard InChI is InChI=1S/C18H19ClFN/c1-21-18-14(7-6-12-4-2-3-5-16(12)18)10-13-8-9-15(19)11-17(13)20/h2-5,8-9,11,14,18,21H,6-7,10H2,1H3. The topological polar surface area (TPSA) is 12.0 Å². The lowest BCUT2D eigenvalue weighted by Crippen LogP contribution is -2.31. The molecule has 1 aliphatic carbocycles. The van der Waals surface area contributed by atoms with Crippen molar-refractivity contribution in [3.63, 3.8) is 0 Å². The predicted octanol–water partition coefficient (Wildman–Crippen LogP) is 4.54. The summed E-state index contributed by atoms with van der Waals surface area (Å²) in [6, 6.07) is 13.8. The molecule has 0 saturated carbocycles. The molecule has 110 valence electrons. The van der Waals surface area contributed by atoms with Crippen molar-refractivity contribution < 1.29 is 4.39 Å². The second-order valence-electron chi connectivity index (χ2n) is 5.70. The van der Waals surface area contributed by atoms with Crippen LogP contribution >= 0.6 is 11.6 Å². The Morgan fingerprint density at radius 2 is 2.05 bits per heavy atom. The first-order chi connectivity index (χ1) is 10.2. The van der Waals surface area contributed by atoms with E-state index in [9.17, 15) is 4.39 Å². The van der Waals surface area contributed by atoms with Crippen LogP contribution in [0, 0.1) is 11.7 Å². The van der Waals surface area contributed by atoms with E-state index in [0.717, 1.165) is 24.8 Å². The van der Waals surface area contributed by atoms with Gasteiger partial charge < -0.3 is 5.32 Å². The van der Waals surface area contributed by atoms with Crippen molar-refractivity contribution in [3.05, 3.63) is 70.0 Å². The molecule has 3 heteroatoms. The van der Waals surface area contributed by atoms with Crippen LogP contribution in [0.1, 0.15) is 29.2 Å². The Morgan fingerprint density at radius 3 is 2.81 bits per heavy atom. The molecular formula is C18H19ClFN. The zero-order valence-corrected chi connectivity index (χ0v) is 12.8. The molecule has 0 saturated heterocycles. The third kappa shape index (κ3) is 2.97. The van der Waals surface area contributed by atoms with Crippen molar-refractivity contribution >= 4 is 11.6 Å². The molecule has 2 aromatic rings. The van der Waals surface area contributed by atoms with Gasteiger partial charge in [0.15, 0.2) is 0 Å². The maximum Gasteiger partial charge on any atom is 0.127 e. The molecule has 0 bridgehead atoms. The largest absolute Gasteiger partial charge is 0.313 e. The molecular weight excluding hydrogens is 285 g/mol. The Bertz CT molecular complexity index is 641. The lowest BCUT2D eigenvalue weighted by Gasteiger charge is -2.33. The Kier molecular flexibility index (Phi) is 4.27. The monoisotopic (exact) mass is 303 g/mol. The average Bonchev–Trinajstić information content (AvgIpc) is 2.49. The molecule has 1 nitrogen and oxygen atoms in total. The van der Waals surface area contributed by atoms with Crippen molar-refractivity contribution in [2.75, 3.05) is 7.05 Å². The summed E-state index contributed by atoms with van der Waals surface area (Å²) in [6.45, 7) is 0. The number of nitrogens with one attached hydrogen (secondary N) is 1. The van der Waals surface area contributed by atoms with Crippen molar-refractivity contribution in [3.8, 4) is 0 Å². The van der Waals surface area contributed by atoms with Crippen molar-refractivity contribution in [2.24, 2.45) is 5.92 Å². The second kappa shape index (κ2) is 6.17. The minimum Gasteiger partial charge on any atom is -0.313 e. The summed E-state index contributed by atoms with van der Waals surface area (Å²) in [7, 11) is 1.98. The number of halogens is 2. The molecule has 0 radical (unpaired) electrons. The van der Waals surface area contributed by atoms with Crippen LogP contribution in [0.4, 0.5) is 4.39 Å². The number of benzene rings is 2. The first-order valence-electron chi connectivity index (χ1n) is 7.38. The first kappa shape index (κ1) is 14.6. The van der Waals surface area contributed by atoms with E-state index in [0.29, 0.717) is 10.9 Å². The molecule has 2 unspecified atom stereocenters. The first-order valence-corrected chi connectivity index (χ1v) is 7.76. The predicted molar refractivity (Wildman–Crippen MR) is 85.2 cm³/mol. The highest BCUT2D eigenvalue weighted by molar-refractivity contribution is 6.30. The van der Waals surface area contributed by atoms with Crippen LogP contribution < -0.4 is 5.32 Å². The van der Waals surface area contributed by atoms with E-state index in [1.165, 1.54) is 17.2 Å². The van der Waals surface area contributed by atoms with Gasteiger partial charge in [-0.1, -0.05) is 41.9 Å². The molecule has 21 heavy (non-hydrogen) atoms. The molecule has 2 aromatic carbocycles. The van der Waals surface area contributed by atoms with Gasteiger partial charge in [0.05, 0.1) is 0 Å². The Labute approximate surface area is 130 Å². The van der Waals surface area contributed by atoms with Gasteiger partial charge in [-0.2, -0.15) is 0 Å². The summed E-state index contributed by atoms with van der Waals surface area (Å²) in [4.78, 5) is 0. The molecule has 0 spiro atoms. The summed E-state index contributed by atoms with van der Waals surface area (Å²) in [6.07, 6.45) is 2.88. The molecule has 3 rings (SSSR count). The lowest BCUT2D eigenvalue weighted by atomic mass is 9.77. The fourth-order valence-corrected chi connectivity index (χ4v) is 3.57. The van der Waals surface area contributed by atoms with E-state index >= 15 is 0 Å². The summed E-state index contributed by atoms with van der Waals surface area (Å²) < 4.78 is 14.0. The molecule has 0 amide bonds. The summed E-state index contributed by atoms with van der Waals surface area (Å²) >= 11 is 5.83. The normalized spacial score (nSPS) is 21.1. The quantitative estimate of drug-likeness (QED) is 0.877. The SMILES string of the molecule is CNC1c2ccccc2CCC1Cc1ccc(Cl)cc1F. The maximum atomic E-state index is 14.0. The third-order valence-electron chi connectivity index (χ3n) is 4.45. The lowest BCUT2D eigenvalue weighted by molar-refractivity contribution is 0.331. The van der Waals surface area contributed by atoms with Crippen molar-refractivity contribution in [1.82, 2.24) is 5.32 Å². The molecule has 0 fully saturated rings. The van der Waals surface area contributed by atoms with Crippen molar-refractivity contribution in [1.29, 1.82) is 0 Å². The zero-order valence-electron chi connectivity index (χ0n) is 12.1. The average molecular weight is 304 g/mol. The minimum absolute atomic E-state index is 0.198. The fraction of sp³-hybridized carbons (Fsp3) is 0.333. The van der Waals surface area contributed by atoms with Crippen LogP contribution in [0.5, 0.6) is 0 Å². The van der Waals surface area contributed by atoms with Crippen LogP contribution in [0.25, 0.3) is 0 Å². The Balaban J connectivity index is 1.86. The number of hydrogen-bond donors (Lipinski definition) is 1. The van der Waals surface area contributed by atoms with Gasteiger partial charge in [-0.3, -0.25) is 0 Å². The highest BCUT2D eigenvalue weighted by atomic mass is 35.5. The van der Waals surface area contributed by atoms with Gasteiger partial charge in [0.1, 0.15) is 5.82 Å². The van der Waals surface area contributed by atoms with Crippen LogP contribution in [-0.2, 0) is 12.8 Å². The third-order valence-corrected chi connectivity index (χ3v) is 4.69. The van der Waals surface area contributed by atoms with E-state index in [-0.39, 0.29) is 11.9 Å². The molecule has 2 atom stereocenters. The van der Waals surface area contributed by atoms with Gasteiger partial charge >= 0.3 is 0 Å². The molecule has 0 heterocycles. The molecule has 1 N–H and O–H groups in total. The summed E-state index contributed by atoms with van der Waals surface area (Å²) in [5.74, 6) is 0.205. The van der Waals surface area contributed by atoms with Crippen LogP contribution in [0.15, 0.2) is 42.5 Å². The zero-order chi connectivity index (χ0) is 14.8. The summed E-state index contributed by atoms with van der Waals surface area (Å²) in [5.41, 5.74) is 3.51. The number of hydrogen-bond acceptors (Lipinski definition) is 1. The molecule has 1 aliphatic rings. The van der Waals surface area contributed by atoms with E-state index < -0.39 is 0 Å². The number of fused-ring (bicyclic) bond motifs is 1. The van der Waals surface area contributed by atoms with E-state index in [1.54, 1.807) is 6.07 Å². The Morgan fingerprint density at radius 1 is 1.24 bits per heavy atom. The van der Waals surface area contributed by atoms with E-state index in [1.807, 2.05) is 13.1 Å². The fourth-order valence-electron chi connectivity index (χ4n) is 3.41. The van der Waals surface area contributed by atoms with Gasteiger partial charge in [-0.15, -0.1) is 0 Å². The maximum absolute atomic E-state index is 14.0. The Hall–Kier alpha value is -1.38. The van der Waals surface area contributed by atoms with Crippen LogP contribution in [0.2, 0.25) is 5.02 Å². The van der Waals surface area contributed by atoms with E-state index in [2.05, 4.69) is 29.6 Å².